The Kier molecular flexibility index (Phi) is 3.50. The number of anilines is 1. The monoisotopic (exact) mass is 248 g/mol. The summed E-state index contributed by atoms with van der Waals surface area (Å²) in [5, 5.41) is 2.24. The van der Waals surface area contributed by atoms with Crippen molar-refractivity contribution in [1.82, 2.24) is 5.32 Å². The fourth-order valence-electron chi connectivity index (χ4n) is 1.69. The van der Waals surface area contributed by atoms with Gasteiger partial charge in [0, 0.05) is 11.8 Å². The molecule has 1 unspecified atom stereocenters. The molecule has 1 N–H and O–H groups in total. The lowest BCUT2D eigenvalue weighted by atomic mass is 10.2. The molecular weight excluding hydrogens is 232 g/mol. The number of hydrogen-bond donors (Lipinski definition) is 1. The first-order valence-electron chi connectivity index (χ1n) is 5.98. The van der Waals surface area contributed by atoms with Crippen LogP contribution in [0.25, 0.3) is 0 Å². The van der Waals surface area contributed by atoms with Crippen molar-refractivity contribution in [3.63, 3.8) is 0 Å². The molecule has 1 fully saturated rings. The molecule has 3 amide bonds. The number of ether oxygens (including phenoxy) is 1. The van der Waals surface area contributed by atoms with E-state index in [4.69, 9.17) is 4.74 Å². The molecule has 0 aromatic heterocycles. The topological polar surface area (TPSA) is 58.6 Å². The zero-order chi connectivity index (χ0) is 13.1. The van der Waals surface area contributed by atoms with Gasteiger partial charge in [-0.05, 0) is 25.5 Å². The maximum absolute atomic E-state index is 11.5. The summed E-state index contributed by atoms with van der Waals surface area (Å²) in [5.74, 6) is 0.419. The molecular formula is C13H16N2O3. The fourth-order valence-corrected chi connectivity index (χ4v) is 1.69. The van der Waals surface area contributed by atoms with Crippen molar-refractivity contribution in [2.45, 2.75) is 26.4 Å². The third-order valence-corrected chi connectivity index (χ3v) is 2.83. The molecule has 1 aromatic carbocycles. The maximum atomic E-state index is 11.5. The molecule has 1 aliphatic rings. The number of amides is 3. The van der Waals surface area contributed by atoms with Crippen LogP contribution in [0.5, 0.6) is 5.75 Å². The Morgan fingerprint density at radius 1 is 1.44 bits per heavy atom. The first-order chi connectivity index (χ1) is 8.60. The van der Waals surface area contributed by atoms with E-state index in [1.165, 1.54) is 4.90 Å². The number of rotatable bonds is 4. The Labute approximate surface area is 106 Å². The van der Waals surface area contributed by atoms with Crippen LogP contribution in [0.15, 0.2) is 24.3 Å². The molecule has 1 saturated heterocycles. The van der Waals surface area contributed by atoms with E-state index in [-0.39, 0.29) is 24.6 Å². The number of carbonyl (C=O) groups excluding carboxylic acids is 2. The number of nitrogens with one attached hydrogen (secondary N) is 1. The highest BCUT2D eigenvalue weighted by molar-refractivity contribution is 6.12. The minimum Gasteiger partial charge on any atom is -0.491 e. The second kappa shape index (κ2) is 5.08. The Bertz CT molecular complexity index is 473. The van der Waals surface area contributed by atoms with E-state index in [9.17, 15) is 9.59 Å². The van der Waals surface area contributed by atoms with Gasteiger partial charge in [0.05, 0.1) is 6.10 Å². The van der Waals surface area contributed by atoms with Crippen LogP contribution < -0.4 is 15.0 Å². The minimum atomic E-state index is -0.388. The lowest BCUT2D eigenvalue weighted by Gasteiger charge is -2.16. The maximum Gasteiger partial charge on any atom is 0.329 e. The van der Waals surface area contributed by atoms with Gasteiger partial charge in [-0.3, -0.25) is 15.0 Å². The molecule has 1 atom stereocenters. The predicted molar refractivity (Wildman–Crippen MR) is 67.7 cm³/mol. The van der Waals surface area contributed by atoms with E-state index in [1.807, 2.05) is 26.0 Å². The van der Waals surface area contributed by atoms with E-state index in [0.717, 1.165) is 6.42 Å². The molecule has 1 aliphatic heterocycles. The van der Waals surface area contributed by atoms with Crippen molar-refractivity contribution < 1.29 is 14.3 Å². The summed E-state index contributed by atoms with van der Waals surface area (Å²) in [7, 11) is 0. The van der Waals surface area contributed by atoms with E-state index in [1.54, 1.807) is 12.1 Å². The van der Waals surface area contributed by atoms with E-state index >= 15 is 0 Å². The molecule has 1 heterocycles. The van der Waals surface area contributed by atoms with Crippen molar-refractivity contribution in [3.8, 4) is 5.75 Å². The van der Waals surface area contributed by atoms with Crippen LogP contribution >= 0.6 is 0 Å². The molecule has 5 heteroatoms. The summed E-state index contributed by atoms with van der Waals surface area (Å²) in [4.78, 5) is 24.1. The van der Waals surface area contributed by atoms with E-state index in [2.05, 4.69) is 5.32 Å². The lowest BCUT2D eigenvalue weighted by Crippen LogP contribution is -2.27. The van der Waals surface area contributed by atoms with Crippen LogP contribution in [0.2, 0.25) is 0 Å². The molecule has 1 aromatic rings. The van der Waals surface area contributed by atoms with Gasteiger partial charge in [0.25, 0.3) is 0 Å². The Balaban J connectivity index is 2.17. The molecule has 0 saturated carbocycles. The van der Waals surface area contributed by atoms with Crippen molar-refractivity contribution in [2.75, 3.05) is 11.4 Å². The molecule has 0 bridgehead atoms. The SMILES string of the molecule is CCC(C)Oc1cccc(N2CC(=O)NC2=O)c1. The van der Waals surface area contributed by atoms with Crippen molar-refractivity contribution in [1.29, 1.82) is 0 Å². The molecule has 0 spiro atoms. The Hall–Kier alpha value is -2.04. The summed E-state index contributed by atoms with van der Waals surface area (Å²) < 4.78 is 5.68. The van der Waals surface area contributed by atoms with E-state index < -0.39 is 0 Å². The minimum absolute atomic E-state index is 0.0611. The number of urea groups is 1. The summed E-state index contributed by atoms with van der Waals surface area (Å²) in [6.45, 7) is 4.09. The van der Waals surface area contributed by atoms with Crippen LogP contribution in [-0.2, 0) is 4.79 Å². The third kappa shape index (κ3) is 2.61. The number of imide groups is 1. The molecule has 5 nitrogen and oxygen atoms in total. The summed E-state index contributed by atoms with van der Waals surface area (Å²) >= 11 is 0. The first-order valence-corrected chi connectivity index (χ1v) is 5.98. The summed E-state index contributed by atoms with van der Waals surface area (Å²) in [5.41, 5.74) is 0.666. The highest BCUT2D eigenvalue weighted by Gasteiger charge is 2.28. The van der Waals surface area contributed by atoms with E-state index in [0.29, 0.717) is 11.4 Å². The van der Waals surface area contributed by atoms with Gasteiger partial charge in [0.1, 0.15) is 12.3 Å². The lowest BCUT2D eigenvalue weighted by molar-refractivity contribution is -0.117. The van der Waals surface area contributed by atoms with Crippen LogP contribution in [0.1, 0.15) is 20.3 Å². The van der Waals surface area contributed by atoms with Gasteiger partial charge in [-0.2, -0.15) is 0 Å². The quantitative estimate of drug-likeness (QED) is 0.828. The fraction of sp³-hybridized carbons (Fsp3) is 0.385. The van der Waals surface area contributed by atoms with Crippen LogP contribution in [0.3, 0.4) is 0 Å². The smallest absolute Gasteiger partial charge is 0.329 e. The van der Waals surface area contributed by atoms with Crippen molar-refractivity contribution in [3.05, 3.63) is 24.3 Å². The number of hydrogen-bond acceptors (Lipinski definition) is 3. The van der Waals surface area contributed by atoms with Crippen molar-refractivity contribution >= 4 is 17.6 Å². The van der Waals surface area contributed by atoms with Gasteiger partial charge in [-0.25, -0.2) is 4.79 Å². The molecule has 18 heavy (non-hydrogen) atoms. The Morgan fingerprint density at radius 3 is 2.83 bits per heavy atom. The molecule has 2 rings (SSSR count). The molecule has 0 radical (unpaired) electrons. The predicted octanol–water partition coefficient (Wildman–Crippen LogP) is 1.92. The van der Waals surface area contributed by atoms with Gasteiger partial charge in [0.15, 0.2) is 0 Å². The van der Waals surface area contributed by atoms with Gasteiger partial charge in [-0.1, -0.05) is 13.0 Å². The van der Waals surface area contributed by atoms with Gasteiger partial charge < -0.3 is 4.74 Å². The van der Waals surface area contributed by atoms with Crippen LogP contribution in [0.4, 0.5) is 10.5 Å². The number of benzene rings is 1. The third-order valence-electron chi connectivity index (χ3n) is 2.83. The first kappa shape index (κ1) is 12.4. The highest BCUT2D eigenvalue weighted by atomic mass is 16.5. The largest absolute Gasteiger partial charge is 0.491 e. The average molecular weight is 248 g/mol. The van der Waals surface area contributed by atoms with Gasteiger partial charge >= 0.3 is 6.03 Å². The Morgan fingerprint density at radius 2 is 2.22 bits per heavy atom. The molecule has 96 valence electrons. The highest BCUT2D eigenvalue weighted by Crippen LogP contribution is 2.23. The van der Waals surface area contributed by atoms with Crippen LogP contribution in [-0.4, -0.2) is 24.6 Å². The zero-order valence-electron chi connectivity index (χ0n) is 10.5. The summed E-state index contributed by atoms with van der Waals surface area (Å²) in [6.07, 6.45) is 1.03. The van der Waals surface area contributed by atoms with Crippen LogP contribution in [0, 0.1) is 0 Å². The average Bonchev–Trinajstić information content (AvgIpc) is 2.68. The molecule has 0 aliphatic carbocycles. The zero-order valence-corrected chi connectivity index (χ0v) is 10.5. The second-order valence-electron chi connectivity index (χ2n) is 4.27. The number of nitrogens with zero attached hydrogens (tertiary/aromatic N) is 1. The van der Waals surface area contributed by atoms with Gasteiger partial charge in [0.2, 0.25) is 5.91 Å². The van der Waals surface area contributed by atoms with Gasteiger partial charge in [-0.15, -0.1) is 0 Å². The number of carbonyl (C=O) groups is 2. The van der Waals surface area contributed by atoms with Crippen molar-refractivity contribution in [2.24, 2.45) is 0 Å². The second-order valence-corrected chi connectivity index (χ2v) is 4.27. The summed E-state index contributed by atoms with van der Waals surface area (Å²) in [6, 6.07) is 6.81. The standard InChI is InChI=1S/C13H16N2O3/c1-3-9(2)18-11-6-4-5-10(7-11)15-8-12(16)14-13(15)17/h4-7,9H,3,8H2,1-2H3,(H,14,16,17). The normalized spacial score (nSPS) is 16.7.